The molecule has 0 bridgehead atoms. The molecule has 0 aliphatic heterocycles. The first-order valence-electron chi connectivity index (χ1n) is 5.50. The average Bonchev–Trinajstić information content (AvgIpc) is 2.32. The van der Waals surface area contributed by atoms with E-state index < -0.39 is 0 Å². The molecule has 0 fully saturated rings. The molecule has 0 saturated heterocycles. The van der Waals surface area contributed by atoms with Crippen LogP contribution in [0.3, 0.4) is 0 Å². The van der Waals surface area contributed by atoms with Crippen LogP contribution < -0.4 is 15.2 Å². The van der Waals surface area contributed by atoms with Crippen molar-refractivity contribution in [3.05, 3.63) is 28.3 Å². The first-order chi connectivity index (χ1) is 8.12. The molecule has 0 radical (unpaired) electrons. The molecule has 2 N–H and O–H groups in total. The molecule has 17 heavy (non-hydrogen) atoms. The maximum Gasteiger partial charge on any atom is 0.179 e. The lowest BCUT2D eigenvalue weighted by Crippen LogP contribution is -2.00. The van der Waals surface area contributed by atoms with E-state index in [0.717, 1.165) is 11.1 Å². The largest absolute Gasteiger partial charge is 0.493 e. The fourth-order valence-electron chi connectivity index (χ4n) is 1.45. The van der Waals surface area contributed by atoms with Crippen LogP contribution >= 0.6 is 11.6 Å². The first-order valence-corrected chi connectivity index (χ1v) is 5.87. The Balaban J connectivity index is 3.17. The smallest absolute Gasteiger partial charge is 0.179 e. The quantitative estimate of drug-likeness (QED) is 0.879. The summed E-state index contributed by atoms with van der Waals surface area (Å²) in [6.45, 7) is 4.94. The van der Waals surface area contributed by atoms with E-state index in [9.17, 15) is 0 Å². The number of benzene rings is 1. The average molecular weight is 256 g/mol. The molecule has 1 aromatic rings. The summed E-state index contributed by atoms with van der Waals surface area (Å²) >= 11 is 6.15. The molecular formula is C13H18ClNO2. The van der Waals surface area contributed by atoms with Crippen LogP contribution in [0.25, 0.3) is 6.08 Å². The number of hydrogen-bond donors (Lipinski definition) is 1. The highest BCUT2D eigenvalue weighted by Gasteiger charge is 2.10. The minimum absolute atomic E-state index is 0.521. The van der Waals surface area contributed by atoms with Gasteiger partial charge in [-0.15, -0.1) is 0 Å². The normalized spacial score (nSPS) is 11.5. The van der Waals surface area contributed by atoms with E-state index in [1.54, 1.807) is 7.11 Å². The molecule has 0 atom stereocenters. The van der Waals surface area contributed by atoms with E-state index in [2.05, 4.69) is 0 Å². The van der Waals surface area contributed by atoms with Crippen molar-refractivity contribution in [2.24, 2.45) is 5.73 Å². The lowest BCUT2D eigenvalue weighted by atomic mass is 10.1. The molecule has 0 amide bonds. The van der Waals surface area contributed by atoms with Crippen LogP contribution in [-0.2, 0) is 0 Å². The molecule has 0 aromatic heterocycles. The third-order valence-corrected chi connectivity index (χ3v) is 2.56. The van der Waals surface area contributed by atoms with Crippen molar-refractivity contribution >= 4 is 17.7 Å². The van der Waals surface area contributed by atoms with Gasteiger partial charge in [-0.3, -0.25) is 0 Å². The van der Waals surface area contributed by atoms with Crippen LogP contribution in [0.1, 0.15) is 19.4 Å². The standard InChI is InChI=1S/C13H18ClNO2/c1-4-17-13-11(14)6-10(5-9(2)8-15)7-12(13)16-3/h5-7H,4,8,15H2,1-3H3. The van der Waals surface area contributed by atoms with E-state index >= 15 is 0 Å². The molecule has 0 aliphatic rings. The molecule has 4 heteroatoms. The Kier molecular flexibility index (Phi) is 5.32. The Morgan fingerprint density at radius 3 is 2.71 bits per heavy atom. The predicted molar refractivity (Wildman–Crippen MR) is 71.9 cm³/mol. The molecule has 0 spiro atoms. The highest BCUT2D eigenvalue weighted by molar-refractivity contribution is 6.32. The zero-order chi connectivity index (χ0) is 12.8. The number of halogens is 1. The topological polar surface area (TPSA) is 44.5 Å². The van der Waals surface area contributed by atoms with Gasteiger partial charge in [0.2, 0.25) is 0 Å². The molecule has 0 saturated carbocycles. The Morgan fingerprint density at radius 1 is 1.47 bits per heavy atom. The van der Waals surface area contributed by atoms with Crippen LogP contribution in [0.2, 0.25) is 5.02 Å². The third-order valence-electron chi connectivity index (χ3n) is 2.28. The zero-order valence-electron chi connectivity index (χ0n) is 10.4. The van der Waals surface area contributed by atoms with Crippen molar-refractivity contribution in [3.63, 3.8) is 0 Å². The third kappa shape index (κ3) is 3.65. The second-order valence-corrected chi connectivity index (χ2v) is 4.07. The summed E-state index contributed by atoms with van der Waals surface area (Å²) in [5, 5.41) is 0.544. The van der Waals surface area contributed by atoms with E-state index in [4.69, 9.17) is 26.8 Å². The van der Waals surface area contributed by atoms with Gasteiger partial charge in [-0.05, 0) is 31.5 Å². The fraction of sp³-hybridized carbons (Fsp3) is 0.385. The molecule has 0 aliphatic carbocycles. The lowest BCUT2D eigenvalue weighted by molar-refractivity contribution is 0.311. The van der Waals surface area contributed by atoms with Crippen LogP contribution in [0.4, 0.5) is 0 Å². The van der Waals surface area contributed by atoms with Crippen LogP contribution in [0.15, 0.2) is 17.7 Å². The fourth-order valence-corrected chi connectivity index (χ4v) is 1.72. The van der Waals surface area contributed by atoms with E-state index in [0.29, 0.717) is 29.7 Å². The molecule has 1 aromatic carbocycles. The van der Waals surface area contributed by atoms with Crippen molar-refractivity contribution in [1.29, 1.82) is 0 Å². The highest BCUT2D eigenvalue weighted by Crippen LogP contribution is 2.36. The number of methoxy groups -OCH3 is 1. The second-order valence-electron chi connectivity index (χ2n) is 3.66. The molecular weight excluding hydrogens is 238 g/mol. The number of hydrogen-bond acceptors (Lipinski definition) is 3. The van der Waals surface area contributed by atoms with Gasteiger partial charge in [0.15, 0.2) is 11.5 Å². The molecule has 0 unspecified atom stereocenters. The maximum atomic E-state index is 6.15. The van der Waals surface area contributed by atoms with Crippen LogP contribution in [-0.4, -0.2) is 20.3 Å². The number of ether oxygens (including phenoxy) is 2. The van der Waals surface area contributed by atoms with Gasteiger partial charge in [0.05, 0.1) is 18.7 Å². The predicted octanol–water partition coefficient (Wildman–Crippen LogP) is 3.11. The summed E-state index contributed by atoms with van der Waals surface area (Å²) in [6.07, 6.45) is 1.98. The monoisotopic (exact) mass is 255 g/mol. The highest BCUT2D eigenvalue weighted by atomic mass is 35.5. The Bertz CT molecular complexity index is 416. The van der Waals surface area contributed by atoms with Crippen molar-refractivity contribution in [1.82, 2.24) is 0 Å². The van der Waals surface area contributed by atoms with E-state index in [1.165, 1.54) is 0 Å². The second kappa shape index (κ2) is 6.52. The summed E-state index contributed by atoms with van der Waals surface area (Å²) in [5.74, 6) is 1.22. The van der Waals surface area contributed by atoms with Gasteiger partial charge >= 0.3 is 0 Å². The Morgan fingerprint density at radius 2 is 2.18 bits per heavy atom. The summed E-state index contributed by atoms with van der Waals surface area (Å²) < 4.78 is 10.7. The SMILES string of the molecule is CCOc1c(Cl)cc(C=C(C)CN)cc1OC. The Hall–Kier alpha value is -1.19. The van der Waals surface area contributed by atoms with Gasteiger partial charge in [-0.1, -0.05) is 23.3 Å². The Labute approximate surface area is 107 Å². The zero-order valence-corrected chi connectivity index (χ0v) is 11.2. The van der Waals surface area contributed by atoms with Gasteiger partial charge in [-0.25, -0.2) is 0 Å². The minimum atomic E-state index is 0.521. The van der Waals surface area contributed by atoms with Crippen molar-refractivity contribution in [2.75, 3.05) is 20.3 Å². The first kappa shape index (κ1) is 13.9. The van der Waals surface area contributed by atoms with Gasteiger partial charge in [0.25, 0.3) is 0 Å². The van der Waals surface area contributed by atoms with Gasteiger partial charge in [-0.2, -0.15) is 0 Å². The summed E-state index contributed by atoms with van der Waals surface area (Å²) in [6, 6.07) is 3.73. The van der Waals surface area contributed by atoms with Crippen LogP contribution in [0, 0.1) is 0 Å². The molecule has 3 nitrogen and oxygen atoms in total. The minimum Gasteiger partial charge on any atom is -0.493 e. The van der Waals surface area contributed by atoms with Crippen LogP contribution in [0.5, 0.6) is 11.5 Å². The van der Waals surface area contributed by atoms with E-state index in [-0.39, 0.29) is 0 Å². The van der Waals surface area contributed by atoms with Crippen molar-refractivity contribution in [3.8, 4) is 11.5 Å². The summed E-state index contributed by atoms with van der Waals surface area (Å²) in [7, 11) is 1.59. The van der Waals surface area contributed by atoms with Gasteiger partial charge < -0.3 is 15.2 Å². The van der Waals surface area contributed by atoms with Gasteiger partial charge in [0, 0.05) is 6.54 Å². The van der Waals surface area contributed by atoms with E-state index in [1.807, 2.05) is 32.1 Å². The number of nitrogens with two attached hydrogens (primary N) is 1. The maximum absolute atomic E-state index is 6.15. The number of rotatable bonds is 5. The van der Waals surface area contributed by atoms with Crippen molar-refractivity contribution < 1.29 is 9.47 Å². The molecule has 94 valence electrons. The van der Waals surface area contributed by atoms with Crippen molar-refractivity contribution in [2.45, 2.75) is 13.8 Å². The molecule has 0 heterocycles. The van der Waals surface area contributed by atoms with Gasteiger partial charge in [0.1, 0.15) is 0 Å². The molecule has 1 rings (SSSR count). The lowest BCUT2D eigenvalue weighted by Gasteiger charge is -2.12. The summed E-state index contributed by atoms with van der Waals surface area (Å²) in [4.78, 5) is 0. The summed E-state index contributed by atoms with van der Waals surface area (Å²) in [5.41, 5.74) is 7.58.